The average Bonchev–Trinajstić information content (AvgIpc) is 3.20. The molecule has 0 saturated heterocycles. The van der Waals surface area contributed by atoms with Gasteiger partial charge in [0, 0.05) is 38.7 Å². The monoisotopic (exact) mass is 495 g/mol. The lowest BCUT2D eigenvalue weighted by atomic mass is 9.86. The number of halogens is 1. The second-order valence-corrected chi connectivity index (χ2v) is 9.74. The van der Waals surface area contributed by atoms with Crippen molar-refractivity contribution in [3.05, 3.63) is 58.3 Å². The van der Waals surface area contributed by atoms with Gasteiger partial charge in [-0.15, -0.1) is 0 Å². The maximum absolute atomic E-state index is 12.8. The van der Waals surface area contributed by atoms with Crippen LogP contribution in [0, 0.1) is 12.8 Å². The second-order valence-electron chi connectivity index (χ2n) is 8.82. The van der Waals surface area contributed by atoms with Crippen molar-refractivity contribution in [2.75, 3.05) is 7.11 Å². The van der Waals surface area contributed by atoms with E-state index in [0.29, 0.717) is 5.92 Å². The standard InChI is InChI=1S/C27H30BrNO3/c1-16-7-5-6-8-24(16)29-25(30)13-17(2)21-14-22-23(19-9-11-20(28)12-10-19)15-32-27(22)18(3)26(21)31-4/h9-16,24H,5-8H2,1-4H3,(H,29,30)/b17-13+. The highest BCUT2D eigenvalue weighted by Crippen LogP contribution is 2.40. The van der Waals surface area contributed by atoms with Gasteiger partial charge in [-0.3, -0.25) is 4.79 Å². The first-order valence-electron chi connectivity index (χ1n) is 11.2. The van der Waals surface area contributed by atoms with E-state index in [0.717, 1.165) is 55.4 Å². The molecule has 4 rings (SSSR count). The number of hydrogen-bond acceptors (Lipinski definition) is 3. The van der Waals surface area contributed by atoms with Gasteiger partial charge in [0.15, 0.2) is 0 Å². The Morgan fingerprint density at radius 2 is 1.94 bits per heavy atom. The summed E-state index contributed by atoms with van der Waals surface area (Å²) in [5.74, 6) is 1.22. The Balaban J connectivity index is 1.71. The van der Waals surface area contributed by atoms with E-state index in [4.69, 9.17) is 9.15 Å². The predicted molar refractivity (Wildman–Crippen MR) is 134 cm³/mol. The first-order valence-corrected chi connectivity index (χ1v) is 12.0. The zero-order valence-electron chi connectivity index (χ0n) is 19.1. The summed E-state index contributed by atoms with van der Waals surface area (Å²) < 4.78 is 12.7. The zero-order chi connectivity index (χ0) is 22.8. The summed E-state index contributed by atoms with van der Waals surface area (Å²) in [5, 5.41) is 4.23. The zero-order valence-corrected chi connectivity index (χ0v) is 20.7. The van der Waals surface area contributed by atoms with Crippen LogP contribution in [0.2, 0.25) is 0 Å². The molecule has 1 heterocycles. The quantitative estimate of drug-likeness (QED) is 0.378. The molecule has 1 aliphatic rings. The van der Waals surface area contributed by atoms with Gasteiger partial charge in [0.05, 0.1) is 13.4 Å². The van der Waals surface area contributed by atoms with Crippen molar-refractivity contribution in [1.82, 2.24) is 5.32 Å². The Hall–Kier alpha value is -2.53. The first kappa shape index (κ1) is 22.7. The molecule has 4 nitrogen and oxygen atoms in total. The van der Waals surface area contributed by atoms with E-state index < -0.39 is 0 Å². The summed E-state index contributed by atoms with van der Waals surface area (Å²) >= 11 is 3.50. The van der Waals surface area contributed by atoms with E-state index in [1.165, 1.54) is 19.3 Å². The van der Waals surface area contributed by atoms with E-state index in [-0.39, 0.29) is 11.9 Å². The fourth-order valence-electron chi connectivity index (χ4n) is 4.75. The van der Waals surface area contributed by atoms with Crippen molar-refractivity contribution in [2.45, 2.75) is 52.5 Å². The number of hydrogen-bond donors (Lipinski definition) is 1. The minimum atomic E-state index is -0.0404. The van der Waals surface area contributed by atoms with Crippen molar-refractivity contribution in [1.29, 1.82) is 0 Å². The van der Waals surface area contributed by atoms with Crippen LogP contribution in [0.4, 0.5) is 0 Å². The van der Waals surface area contributed by atoms with E-state index in [1.807, 2.05) is 26.0 Å². The summed E-state index contributed by atoms with van der Waals surface area (Å²) in [6, 6.07) is 10.5. The summed E-state index contributed by atoms with van der Waals surface area (Å²) in [6.07, 6.45) is 8.16. The Labute approximate surface area is 198 Å². The van der Waals surface area contributed by atoms with E-state index in [1.54, 1.807) is 19.4 Å². The Bertz CT molecular complexity index is 1160. The fourth-order valence-corrected chi connectivity index (χ4v) is 5.02. The van der Waals surface area contributed by atoms with Crippen molar-refractivity contribution in [2.24, 2.45) is 5.92 Å². The molecule has 0 aliphatic heterocycles. The molecule has 1 amide bonds. The van der Waals surface area contributed by atoms with Gasteiger partial charge in [-0.05, 0) is 61.9 Å². The molecule has 1 fully saturated rings. The topological polar surface area (TPSA) is 51.5 Å². The minimum absolute atomic E-state index is 0.0404. The van der Waals surface area contributed by atoms with E-state index in [2.05, 4.69) is 46.4 Å². The third-order valence-electron chi connectivity index (χ3n) is 6.61. The number of allylic oxidation sites excluding steroid dienone is 1. The number of rotatable bonds is 5. The molecular formula is C27H30BrNO3. The molecular weight excluding hydrogens is 466 g/mol. The highest BCUT2D eigenvalue weighted by molar-refractivity contribution is 9.10. The van der Waals surface area contributed by atoms with Crippen LogP contribution in [0.1, 0.15) is 50.7 Å². The van der Waals surface area contributed by atoms with Gasteiger partial charge in [-0.1, -0.05) is 47.8 Å². The van der Waals surface area contributed by atoms with Crippen LogP contribution in [-0.4, -0.2) is 19.1 Å². The maximum Gasteiger partial charge on any atom is 0.244 e. The number of ether oxygens (including phenoxy) is 1. The molecule has 5 heteroatoms. The van der Waals surface area contributed by atoms with Crippen molar-refractivity contribution in [3.8, 4) is 16.9 Å². The molecule has 32 heavy (non-hydrogen) atoms. The molecule has 2 aromatic carbocycles. The second kappa shape index (κ2) is 9.53. The van der Waals surface area contributed by atoms with Gasteiger partial charge < -0.3 is 14.5 Å². The molecule has 3 aromatic rings. The lowest BCUT2D eigenvalue weighted by Gasteiger charge is -2.29. The van der Waals surface area contributed by atoms with Gasteiger partial charge in [0.25, 0.3) is 0 Å². The molecule has 1 aliphatic carbocycles. The highest BCUT2D eigenvalue weighted by atomic mass is 79.9. The predicted octanol–water partition coefficient (Wildman–Crippen LogP) is 7.28. The maximum atomic E-state index is 12.8. The minimum Gasteiger partial charge on any atom is -0.496 e. The smallest absolute Gasteiger partial charge is 0.244 e. The van der Waals surface area contributed by atoms with Crippen LogP contribution < -0.4 is 10.1 Å². The molecule has 0 bridgehead atoms. The van der Waals surface area contributed by atoms with Crippen molar-refractivity contribution in [3.63, 3.8) is 0 Å². The van der Waals surface area contributed by atoms with Crippen molar-refractivity contribution < 1.29 is 13.9 Å². The molecule has 2 unspecified atom stereocenters. The molecule has 1 saturated carbocycles. The third-order valence-corrected chi connectivity index (χ3v) is 7.14. The molecule has 2 atom stereocenters. The number of fused-ring (bicyclic) bond motifs is 1. The molecule has 1 aromatic heterocycles. The number of carbonyl (C=O) groups is 1. The Morgan fingerprint density at radius 1 is 1.22 bits per heavy atom. The van der Waals surface area contributed by atoms with Gasteiger partial charge in [0.2, 0.25) is 5.91 Å². The van der Waals surface area contributed by atoms with Gasteiger partial charge in [0.1, 0.15) is 11.3 Å². The summed E-state index contributed by atoms with van der Waals surface area (Å²) in [7, 11) is 1.66. The lowest BCUT2D eigenvalue weighted by Crippen LogP contribution is -2.40. The van der Waals surface area contributed by atoms with E-state index >= 15 is 0 Å². The van der Waals surface area contributed by atoms with Gasteiger partial charge >= 0.3 is 0 Å². The van der Waals surface area contributed by atoms with Crippen molar-refractivity contribution >= 4 is 38.4 Å². The normalized spacial score (nSPS) is 19.2. The van der Waals surface area contributed by atoms with Gasteiger partial charge in [-0.2, -0.15) is 0 Å². The van der Waals surface area contributed by atoms with Crippen LogP contribution in [0.25, 0.3) is 27.7 Å². The lowest BCUT2D eigenvalue weighted by molar-refractivity contribution is -0.117. The van der Waals surface area contributed by atoms with Crippen LogP contribution >= 0.6 is 15.9 Å². The highest BCUT2D eigenvalue weighted by Gasteiger charge is 2.23. The molecule has 1 N–H and O–H groups in total. The number of aryl methyl sites for hydroxylation is 1. The van der Waals surface area contributed by atoms with Crippen LogP contribution in [0.5, 0.6) is 5.75 Å². The van der Waals surface area contributed by atoms with Crippen LogP contribution in [0.15, 0.2) is 51.6 Å². The molecule has 0 spiro atoms. The number of furan rings is 1. The Morgan fingerprint density at radius 3 is 2.62 bits per heavy atom. The number of amides is 1. The third kappa shape index (κ3) is 4.49. The molecule has 0 radical (unpaired) electrons. The van der Waals surface area contributed by atoms with E-state index in [9.17, 15) is 4.79 Å². The summed E-state index contributed by atoms with van der Waals surface area (Å²) in [5.41, 5.74) is 5.61. The average molecular weight is 496 g/mol. The van der Waals surface area contributed by atoms with Crippen LogP contribution in [0.3, 0.4) is 0 Å². The number of nitrogens with one attached hydrogen (secondary N) is 1. The largest absolute Gasteiger partial charge is 0.496 e. The fraction of sp³-hybridized carbons (Fsp3) is 0.370. The SMILES string of the molecule is COc1c(/C(C)=C/C(=O)NC2CCCCC2C)cc2c(-c3ccc(Br)cc3)coc2c1C. The number of carbonyl (C=O) groups excluding carboxylic acids is 1. The number of benzene rings is 2. The van der Waals surface area contributed by atoms with Gasteiger partial charge in [-0.25, -0.2) is 0 Å². The van der Waals surface area contributed by atoms with Crippen LogP contribution in [-0.2, 0) is 4.79 Å². The molecule has 168 valence electrons. The summed E-state index contributed by atoms with van der Waals surface area (Å²) in [6.45, 7) is 6.19. The Kier molecular flexibility index (Phi) is 6.75. The first-order chi connectivity index (χ1) is 15.4. The summed E-state index contributed by atoms with van der Waals surface area (Å²) in [4.78, 5) is 12.8. The number of methoxy groups -OCH3 is 1.